The van der Waals surface area contributed by atoms with E-state index in [2.05, 4.69) is 21.5 Å². The smallest absolute Gasteiger partial charge is 0.0943 e. The Labute approximate surface area is 115 Å². The highest BCUT2D eigenvalue weighted by molar-refractivity contribution is 8.13. The molecule has 0 bridgehead atoms. The van der Waals surface area contributed by atoms with Gasteiger partial charge >= 0.3 is 0 Å². The molecular weight excluding hydrogens is 271 g/mol. The van der Waals surface area contributed by atoms with Gasteiger partial charge in [-0.15, -0.1) is 11.6 Å². The number of halogens is 1. The lowest BCUT2D eigenvalue weighted by Gasteiger charge is -2.38. The van der Waals surface area contributed by atoms with Crippen molar-refractivity contribution < 1.29 is 0 Å². The van der Waals surface area contributed by atoms with Gasteiger partial charge in [-0.1, -0.05) is 42.1 Å². The second-order valence-electron chi connectivity index (χ2n) is 4.41. The molecule has 1 aromatic carbocycles. The zero-order chi connectivity index (χ0) is 13.1. The summed E-state index contributed by atoms with van der Waals surface area (Å²) in [6, 6.07) is 10.3. The van der Waals surface area contributed by atoms with Crippen molar-refractivity contribution >= 4 is 29.7 Å². The fraction of sp³-hybridized carbons (Fsp3) is 0.500. The van der Waals surface area contributed by atoms with Crippen LogP contribution in [-0.4, -0.2) is 42.6 Å². The molecule has 0 spiro atoms. The summed E-state index contributed by atoms with van der Waals surface area (Å²) < 4.78 is 4.20. The molecule has 0 fully saturated rings. The van der Waals surface area contributed by atoms with Gasteiger partial charge in [-0.3, -0.25) is 9.34 Å². The van der Waals surface area contributed by atoms with Crippen LogP contribution in [-0.2, 0) is 18.2 Å². The third-order valence-corrected chi connectivity index (χ3v) is 10.0. The molecule has 17 heavy (non-hydrogen) atoms. The molecule has 0 aliphatic heterocycles. The Morgan fingerprint density at radius 3 is 2.00 bits per heavy atom. The van der Waals surface area contributed by atoms with Crippen LogP contribution in [0.1, 0.15) is 5.56 Å². The summed E-state index contributed by atoms with van der Waals surface area (Å²) in [4.78, 5) is 0. The SMILES string of the molecule is CN(C)P(=S)(C(Cl)Cc1ccccc1)N(C)C. The van der Waals surface area contributed by atoms with Gasteiger partial charge in [0.25, 0.3) is 0 Å². The van der Waals surface area contributed by atoms with Crippen molar-refractivity contribution in [1.29, 1.82) is 0 Å². The second-order valence-corrected chi connectivity index (χ2v) is 10.3. The summed E-state index contributed by atoms with van der Waals surface area (Å²) in [6.07, 6.45) is -1.04. The van der Waals surface area contributed by atoms with Crippen LogP contribution < -0.4 is 0 Å². The molecule has 0 radical (unpaired) electrons. The molecule has 0 heterocycles. The lowest BCUT2D eigenvalue weighted by Crippen LogP contribution is -2.27. The van der Waals surface area contributed by atoms with E-state index < -0.39 is 6.34 Å². The van der Waals surface area contributed by atoms with Crippen LogP contribution in [0.15, 0.2) is 30.3 Å². The van der Waals surface area contributed by atoms with E-state index in [1.165, 1.54) is 5.56 Å². The first kappa shape index (κ1) is 15.1. The first-order valence-electron chi connectivity index (χ1n) is 5.52. The lowest BCUT2D eigenvalue weighted by molar-refractivity contribution is 0.564. The minimum atomic E-state index is -1.85. The van der Waals surface area contributed by atoms with Crippen LogP contribution >= 0.6 is 17.9 Å². The van der Waals surface area contributed by atoms with E-state index in [1.807, 2.05) is 46.4 Å². The van der Waals surface area contributed by atoms with Crippen molar-refractivity contribution in [2.45, 2.75) is 11.5 Å². The molecule has 5 heteroatoms. The standard InChI is InChI=1S/C12H20ClN2PS/c1-14(2)16(17,15(3)4)12(13)10-11-8-6-5-7-9-11/h5-9,12H,10H2,1-4H3. The topological polar surface area (TPSA) is 6.48 Å². The summed E-state index contributed by atoms with van der Waals surface area (Å²) >= 11 is 12.4. The summed E-state index contributed by atoms with van der Waals surface area (Å²) in [5, 5.41) is -0.0371. The summed E-state index contributed by atoms with van der Waals surface area (Å²) in [5.41, 5.74) is 1.24. The van der Waals surface area contributed by atoms with Crippen molar-refractivity contribution in [3.8, 4) is 0 Å². The molecule has 0 aliphatic carbocycles. The highest BCUT2D eigenvalue weighted by atomic mass is 35.5. The molecule has 0 aliphatic rings. The van der Waals surface area contributed by atoms with Crippen molar-refractivity contribution in [2.24, 2.45) is 0 Å². The average Bonchev–Trinajstić information content (AvgIpc) is 2.28. The normalized spacial score (nSPS) is 14.3. The largest absolute Gasteiger partial charge is 0.269 e. The maximum atomic E-state index is 6.57. The highest BCUT2D eigenvalue weighted by Crippen LogP contribution is 2.57. The van der Waals surface area contributed by atoms with E-state index in [0.29, 0.717) is 0 Å². The molecule has 0 aromatic heterocycles. The number of hydrogen-bond acceptors (Lipinski definition) is 1. The van der Waals surface area contributed by atoms with Gasteiger partial charge in [0.15, 0.2) is 0 Å². The number of benzene rings is 1. The van der Waals surface area contributed by atoms with Gasteiger partial charge in [0.1, 0.15) is 0 Å². The van der Waals surface area contributed by atoms with Crippen LogP contribution in [0.4, 0.5) is 0 Å². The highest BCUT2D eigenvalue weighted by Gasteiger charge is 2.31. The van der Waals surface area contributed by atoms with Gasteiger partial charge in [-0.05, 0) is 40.2 Å². The molecule has 2 nitrogen and oxygen atoms in total. The van der Waals surface area contributed by atoms with E-state index >= 15 is 0 Å². The molecule has 0 saturated heterocycles. The van der Waals surface area contributed by atoms with E-state index in [4.69, 9.17) is 23.4 Å². The fourth-order valence-electron chi connectivity index (χ4n) is 1.79. The Kier molecular flexibility index (Phi) is 5.62. The number of rotatable bonds is 5. The molecule has 1 rings (SSSR count). The molecule has 0 amide bonds. The first-order chi connectivity index (χ1) is 7.89. The zero-order valence-electron chi connectivity index (χ0n) is 10.8. The van der Waals surface area contributed by atoms with Crippen LogP contribution in [0.3, 0.4) is 0 Å². The van der Waals surface area contributed by atoms with Crippen LogP contribution in [0.5, 0.6) is 0 Å². The van der Waals surface area contributed by atoms with E-state index in [9.17, 15) is 0 Å². The van der Waals surface area contributed by atoms with Gasteiger partial charge in [-0.2, -0.15) is 0 Å². The van der Waals surface area contributed by atoms with Gasteiger partial charge in [0, 0.05) is 0 Å². The van der Waals surface area contributed by atoms with E-state index in [0.717, 1.165) is 6.42 Å². The Balaban J connectivity index is 2.88. The Morgan fingerprint density at radius 2 is 1.59 bits per heavy atom. The average molecular weight is 291 g/mol. The second kappa shape index (κ2) is 6.31. The molecule has 1 aromatic rings. The van der Waals surface area contributed by atoms with Crippen molar-refractivity contribution in [3.05, 3.63) is 35.9 Å². The van der Waals surface area contributed by atoms with Crippen molar-refractivity contribution in [2.75, 3.05) is 28.2 Å². The summed E-state index contributed by atoms with van der Waals surface area (Å²) in [6.45, 7) is 0. The zero-order valence-corrected chi connectivity index (χ0v) is 13.3. The Bertz CT molecular complexity index is 383. The minimum Gasteiger partial charge on any atom is -0.269 e. The minimum absolute atomic E-state index is 0.0371. The molecule has 0 saturated carbocycles. The molecule has 1 atom stereocenters. The van der Waals surface area contributed by atoms with Gasteiger partial charge < -0.3 is 0 Å². The lowest BCUT2D eigenvalue weighted by atomic mass is 10.2. The predicted octanol–water partition coefficient (Wildman–Crippen LogP) is 3.23. The third-order valence-electron chi connectivity index (χ3n) is 2.76. The molecule has 0 N–H and O–H groups in total. The van der Waals surface area contributed by atoms with Gasteiger partial charge in [0.05, 0.1) is 11.5 Å². The Hall–Kier alpha value is 0.0800. The Morgan fingerprint density at radius 1 is 1.12 bits per heavy atom. The van der Waals surface area contributed by atoms with Crippen molar-refractivity contribution in [1.82, 2.24) is 9.34 Å². The number of alkyl halides is 1. The number of nitrogens with zero attached hydrogens (tertiary/aromatic N) is 2. The van der Waals surface area contributed by atoms with Crippen LogP contribution in [0.2, 0.25) is 0 Å². The maximum absolute atomic E-state index is 6.57. The fourth-order valence-corrected chi connectivity index (χ4v) is 5.40. The van der Waals surface area contributed by atoms with E-state index in [1.54, 1.807) is 0 Å². The van der Waals surface area contributed by atoms with Gasteiger partial charge in [0.2, 0.25) is 0 Å². The molecule has 96 valence electrons. The monoisotopic (exact) mass is 290 g/mol. The van der Waals surface area contributed by atoms with E-state index in [-0.39, 0.29) is 5.12 Å². The molecule has 1 unspecified atom stereocenters. The predicted molar refractivity (Wildman–Crippen MR) is 81.4 cm³/mol. The summed E-state index contributed by atoms with van der Waals surface area (Å²) in [5.74, 6) is 0. The van der Waals surface area contributed by atoms with Crippen LogP contribution in [0, 0.1) is 0 Å². The first-order valence-corrected chi connectivity index (χ1v) is 8.73. The van der Waals surface area contributed by atoms with Crippen molar-refractivity contribution in [3.63, 3.8) is 0 Å². The van der Waals surface area contributed by atoms with Gasteiger partial charge in [-0.25, -0.2) is 0 Å². The third kappa shape index (κ3) is 3.52. The maximum Gasteiger partial charge on any atom is 0.0943 e. The van der Waals surface area contributed by atoms with Crippen LogP contribution in [0.25, 0.3) is 0 Å². The molecular formula is C12H20ClN2PS. The summed E-state index contributed by atoms with van der Waals surface area (Å²) in [7, 11) is 8.06. The number of hydrogen-bond donors (Lipinski definition) is 0. The quantitative estimate of drug-likeness (QED) is 0.607.